The quantitative estimate of drug-likeness (QED) is 0.694. The number of nitriles is 1. The molecule has 0 bridgehead atoms. The van der Waals surface area contributed by atoms with Crippen molar-refractivity contribution >= 4 is 34.5 Å². The molecule has 124 valence electrons. The zero-order chi connectivity index (χ0) is 17.3. The van der Waals surface area contributed by atoms with Crippen LogP contribution in [0.15, 0.2) is 29.4 Å². The first-order valence-electron chi connectivity index (χ1n) is 7.61. The first kappa shape index (κ1) is 16.3. The van der Waals surface area contributed by atoms with Crippen LogP contribution in [0.2, 0.25) is 0 Å². The van der Waals surface area contributed by atoms with Crippen molar-refractivity contribution in [2.75, 3.05) is 5.75 Å². The van der Waals surface area contributed by atoms with Gasteiger partial charge >= 0.3 is 0 Å². The van der Waals surface area contributed by atoms with Gasteiger partial charge in [0.15, 0.2) is 5.16 Å². The molecule has 0 saturated carbocycles. The minimum Gasteiger partial charge on any atom is -0.337 e. The summed E-state index contributed by atoms with van der Waals surface area (Å²) in [6, 6.07) is 9.92. The first-order valence-corrected chi connectivity index (χ1v) is 8.60. The van der Waals surface area contributed by atoms with E-state index in [1.807, 2.05) is 42.5 Å². The van der Waals surface area contributed by atoms with Crippen LogP contribution in [0.5, 0.6) is 0 Å². The molecular weight excluding hydrogens is 324 g/mol. The molecule has 0 fully saturated rings. The summed E-state index contributed by atoms with van der Waals surface area (Å²) < 4.78 is 1.89. The SMILES string of the molecule is CC(C)[C@](C)(C#N)NC(=O)CSc1n[nH]c2nc3ccccc3n12. The van der Waals surface area contributed by atoms with Gasteiger partial charge in [0.05, 0.1) is 22.9 Å². The molecule has 0 spiro atoms. The van der Waals surface area contributed by atoms with E-state index in [1.165, 1.54) is 11.8 Å². The monoisotopic (exact) mass is 342 g/mol. The predicted octanol–water partition coefficient (Wildman–Crippen LogP) is 2.36. The molecule has 1 amide bonds. The number of thioether (sulfide) groups is 1. The maximum Gasteiger partial charge on any atom is 0.231 e. The van der Waals surface area contributed by atoms with Gasteiger partial charge in [-0.05, 0) is 25.0 Å². The molecule has 1 atom stereocenters. The number of imidazole rings is 1. The summed E-state index contributed by atoms with van der Waals surface area (Å²) in [5.74, 6) is 0.642. The van der Waals surface area contributed by atoms with Gasteiger partial charge in [0.1, 0.15) is 5.54 Å². The summed E-state index contributed by atoms with van der Waals surface area (Å²) in [5, 5.41) is 19.9. The maximum absolute atomic E-state index is 12.2. The number of H-pyrrole nitrogens is 1. The molecule has 0 aliphatic heterocycles. The Morgan fingerprint density at radius 2 is 2.25 bits per heavy atom. The topological polar surface area (TPSA) is 98.9 Å². The second kappa shape index (κ2) is 6.17. The number of nitrogens with zero attached hydrogens (tertiary/aromatic N) is 4. The lowest BCUT2D eigenvalue weighted by Crippen LogP contribution is -2.49. The second-order valence-corrected chi connectivity index (χ2v) is 7.01. The van der Waals surface area contributed by atoms with Crippen LogP contribution >= 0.6 is 11.8 Å². The van der Waals surface area contributed by atoms with E-state index in [4.69, 9.17) is 0 Å². The summed E-state index contributed by atoms with van der Waals surface area (Å²) in [5.41, 5.74) is 0.933. The fourth-order valence-electron chi connectivity index (χ4n) is 2.30. The Morgan fingerprint density at radius 1 is 1.50 bits per heavy atom. The normalized spacial score (nSPS) is 14.0. The molecule has 3 rings (SSSR count). The van der Waals surface area contributed by atoms with Gasteiger partial charge in [-0.2, -0.15) is 5.26 Å². The largest absolute Gasteiger partial charge is 0.337 e. The molecule has 0 unspecified atom stereocenters. The van der Waals surface area contributed by atoms with Crippen LogP contribution in [-0.4, -0.2) is 36.8 Å². The predicted molar refractivity (Wildman–Crippen MR) is 92.6 cm³/mol. The van der Waals surface area contributed by atoms with Gasteiger partial charge in [-0.1, -0.05) is 37.7 Å². The lowest BCUT2D eigenvalue weighted by Gasteiger charge is -2.27. The smallest absolute Gasteiger partial charge is 0.231 e. The summed E-state index contributed by atoms with van der Waals surface area (Å²) in [6.45, 7) is 5.55. The molecule has 1 aromatic carbocycles. The van der Waals surface area contributed by atoms with E-state index < -0.39 is 5.54 Å². The number of aromatic amines is 1. The fourth-order valence-corrected chi connectivity index (χ4v) is 3.05. The van der Waals surface area contributed by atoms with E-state index in [0.29, 0.717) is 10.9 Å². The van der Waals surface area contributed by atoms with E-state index in [-0.39, 0.29) is 17.6 Å². The fraction of sp³-hybridized carbons (Fsp3) is 0.375. The third kappa shape index (κ3) is 2.83. The summed E-state index contributed by atoms with van der Waals surface area (Å²) in [7, 11) is 0. The number of nitrogens with one attached hydrogen (secondary N) is 2. The third-order valence-electron chi connectivity index (χ3n) is 4.12. The molecule has 0 aliphatic rings. The van der Waals surface area contributed by atoms with Gasteiger partial charge in [-0.15, -0.1) is 5.10 Å². The molecule has 0 saturated heterocycles. The van der Waals surface area contributed by atoms with Gasteiger partial charge in [-0.3, -0.25) is 9.20 Å². The maximum atomic E-state index is 12.2. The molecule has 3 aromatic rings. The summed E-state index contributed by atoms with van der Waals surface area (Å²) >= 11 is 1.31. The molecule has 7 nitrogen and oxygen atoms in total. The second-order valence-electron chi connectivity index (χ2n) is 6.07. The number of carbonyl (C=O) groups is 1. The van der Waals surface area contributed by atoms with Gasteiger partial charge in [0, 0.05) is 0 Å². The van der Waals surface area contributed by atoms with Crippen molar-refractivity contribution in [1.82, 2.24) is 24.9 Å². The number of para-hydroxylation sites is 2. The highest BCUT2D eigenvalue weighted by Crippen LogP contribution is 2.23. The van der Waals surface area contributed by atoms with E-state index in [2.05, 4.69) is 26.6 Å². The van der Waals surface area contributed by atoms with Crippen molar-refractivity contribution in [3.05, 3.63) is 24.3 Å². The van der Waals surface area contributed by atoms with Crippen molar-refractivity contribution in [2.45, 2.75) is 31.5 Å². The Labute approximate surface area is 143 Å². The molecule has 24 heavy (non-hydrogen) atoms. The number of rotatable bonds is 5. The molecule has 2 heterocycles. The van der Waals surface area contributed by atoms with Crippen LogP contribution in [0.25, 0.3) is 16.8 Å². The number of carbonyl (C=O) groups excluding carboxylic acids is 1. The lowest BCUT2D eigenvalue weighted by molar-refractivity contribution is -0.120. The lowest BCUT2D eigenvalue weighted by atomic mass is 9.90. The Bertz CT molecular complexity index is 937. The number of amides is 1. The number of benzene rings is 1. The van der Waals surface area contributed by atoms with Crippen LogP contribution in [0.1, 0.15) is 20.8 Å². The first-order chi connectivity index (χ1) is 11.4. The van der Waals surface area contributed by atoms with Crippen LogP contribution in [0.3, 0.4) is 0 Å². The van der Waals surface area contributed by atoms with Crippen LogP contribution < -0.4 is 5.32 Å². The van der Waals surface area contributed by atoms with E-state index in [0.717, 1.165) is 11.0 Å². The van der Waals surface area contributed by atoms with Crippen molar-refractivity contribution in [3.63, 3.8) is 0 Å². The number of fused-ring (bicyclic) bond motifs is 3. The van der Waals surface area contributed by atoms with Gasteiger partial charge in [0.2, 0.25) is 11.7 Å². The molecule has 8 heteroatoms. The zero-order valence-corrected chi connectivity index (χ0v) is 14.5. The van der Waals surface area contributed by atoms with E-state index in [1.54, 1.807) is 6.92 Å². The molecule has 0 aliphatic carbocycles. The number of hydrogen-bond acceptors (Lipinski definition) is 5. The minimum atomic E-state index is -0.875. The van der Waals surface area contributed by atoms with Gasteiger partial charge < -0.3 is 5.32 Å². The van der Waals surface area contributed by atoms with Crippen LogP contribution in [-0.2, 0) is 4.79 Å². The molecular formula is C16H18N6OS. The van der Waals surface area contributed by atoms with E-state index >= 15 is 0 Å². The number of hydrogen-bond donors (Lipinski definition) is 2. The number of aromatic nitrogens is 4. The summed E-state index contributed by atoms with van der Waals surface area (Å²) in [4.78, 5) is 16.7. The highest BCUT2D eigenvalue weighted by Gasteiger charge is 2.30. The Kier molecular flexibility index (Phi) is 4.20. The Morgan fingerprint density at radius 3 is 2.96 bits per heavy atom. The average molecular weight is 342 g/mol. The zero-order valence-electron chi connectivity index (χ0n) is 13.7. The Hall–Kier alpha value is -2.53. The van der Waals surface area contributed by atoms with Crippen LogP contribution in [0.4, 0.5) is 0 Å². The van der Waals surface area contributed by atoms with Crippen molar-refractivity contribution in [2.24, 2.45) is 5.92 Å². The molecule has 2 N–H and O–H groups in total. The highest BCUT2D eigenvalue weighted by molar-refractivity contribution is 7.99. The van der Waals surface area contributed by atoms with Gasteiger partial charge in [0.25, 0.3) is 0 Å². The van der Waals surface area contributed by atoms with Gasteiger partial charge in [-0.25, -0.2) is 10.1 Å². The Balaban J connectivity index is 1.77. The van der Waals surface area contributed by atoms with E-state index in [9.17, 15) is 10.1 Å². The average Bonchev–Trinajstić information content (AvgIpc) is 3.11. The molecule has 2 aromatic heterocycles. The van der Waals surface area contributed by atoms with Crippen molar-refractivity contribution in [1.29, 1.82) is 5.26 Å². The third-order valence-corrected chi connectivity index (χ3v) is 5.06. The summed E-state index contributed by atoms with van der Waals surface area (Å²) in [6.07, 6.45) is 0. The standard InChI is InChI=1S/C16H18N6OS/c1-10(2)16(3,9-17)19-13(23)8-24-15-21-20-14-18-11-6-4-5-7-12(11)22(14)15/h4-7,10H,8H2,1-3H3,(H,18,20)(H,19,23)/t16-/m0/s1. The van der Waals surface area contributed by atoms with Crippen molar-refractivity contribution < 1.29 is 4.79 Å². The highest BCUT2D eigenvalue weighted by atomic mass is 32.2. The van der Waals surface area contributed by atoms with Crippen LogP contribution in [0, 0.1) is 17.2 Å². The minimum absolute atomic E-state index is 0.0196. The van der Waals surface area contributed by atoms with Crippen molar-refractivity contribution in [3.8, 4) is 6.07 Å². The molecule has 0 radical (unpaired) electrons.